The van der Waals surface area contributed by atoms with Crippen molar-refractivity contribution in [3.05, 3.63) is 78.4 Å². The van der Waals surface area contributed by atoms with Crippen LogP contribution in [0.1, 0.15) is 31.2 Å². The van der Waals surface area contributed by atoms with E-state index in [1.807, 2.05) is 38.4 Å². The van der Waals surface area contributed by atoms with E-state index < -0.39 is 16.4 Å². The van der Waals surface area contributed by atoms with Gasteiger partial charge in [-0.3, -0.25) is 0 Å². The first-order valence-electron chi connectivity index (χ1n) is 13.9. The summed E-state index contributed by atoms with van der Waals surface area (Å²) in [4.78, 5) is 6.99. The molecule has 1 fully saturated rings. The molecule has 0 spiro atoms. The molecule has 1 atom stereocenters. The average molecular weight is 577 g/mol. The minimum atomic E-state index is -3.96. The Morgan fingerprint density at radius 3 is 2.51 bits per heavy atom. The lowest BCUT2D eigenvalue weighted by molar-refractivity contribution is -0.102. The van der Waals surface area contributed by atoms with Gasteiger partial charge in [-0.05, 0) is 74.7 Å². The average Bonchev–Trinajstić information content (AvgIpc) is 2.97. The Balaban J connectivity index is 1.14. The molecule has 0 bridgehead atoms. The number of rotatable bonds is 11. The van der Waals surface area contributed by atoms with E-state index in [4.69, 9.17) is 23.4 Å². The van der Waals surface area contributed by atoms with Crippen LogP contribution in [0.3, 0.4) is 0 Å². The molecule has 1 unspecified atom stereocenters. The van der Waals surface area contributed by atoms with E-state index in [2.05, 4.69) is 35.2 Å². The van der Waals surface area contributed by atoms with Gasteiger partial charge in [0.15, 0.2) is 6.29 Å². The Kier molecular flexibility index (Phi) is 9.07. The summed E-state index contributed by atoms with van der Waals surface area (Å²) >= 11 is 0. The van der Waals surface area contributed by atoms with Gasteiger partial charge in [-0.15, -0.1) is 0 Å². The summed E-state index contributed by atoms with van der Waals surface area (Å²) in [7, 11) is 0.0840. The second-order valence-corrected chi connectivity index (χ2v) is 11.8. The molecule has 4 aromatic rings. The number of fused-ring (bicyclic) bond motifs is 1. The molecule has 9 heteroatoms. The van der Waals surface area contributed by atoms with Crippen LogP contribution >= 0.6 is 0 Å². The van der Waals surface area contributed by atoms with Gasteiger partial charge in [-0.2, -0.15) is 8.42 Å². The quantitative estimate of drug-likeness (QED) is 0.151. The molecule has 0 radical (unpaired) electrons. The molecule has 1 saturated heterocycles. The van der Waals surface area contributed by atoms with Crippen molar-refractivity contribution in [3.8, 4) is 22.8 Å². The van der Waals surface area contributed by atoms with E-state index in [1.54, 1.807) is 19.1 Å². The summed E-state index contributed by atoms with van der Waals surface area (Å²) < 4.78 is 48.3. The molecule has 1 aromatic heterocycles. The van der Waals surface area contributed by atoms with E-state index in [0.717, 1.165) is 46.4 Å². The Bertz CT molecular complexity index is 1580. The van der Waals surface area contributed by atoms with E-state index in [9.17, 15) is 8.42 Å². The third-order valence-electron chi connectivity index (χ3n) is 7.03. The highest BCUT2D eigenvalue weighted by Crippen LogP contribution is 2.29. The van der Waals surface area contributed by atoms with Crippen LogP contribution in [0.25, 0.3) is 22.2 Å². The fourth-order valence-corrected chi connectivity index (χ4v) is 5.98. The predicted molar refractivity (Wildman–Crippen MR) is 160 cm³/mol. The number of ether oxygens (including phenoxy) is 3. The van der Waals surface area contributed by atoms with Crippen molar-refractivity contribution in [1.29, 1.82) is 0 Å². The lowest BCUT2D eigenvalue weighted by Crippen LogP contribution is -2.25. The minimum Gasteiger partial charge on any atom is -0.493 e. The first-order valence-corrected chi connectivity index (χ1v) is 15.3. The molecule has 1 aliphatic heterocycles. The van der Waals surface area contributed by atoms with Crippen LogP contribution in [-0.2, 0) is 19.0 Å². The van der Waals surface area contributed by atoms with Crippen LogP contribution in [0.15, 0.2) is 77.7 Å². The smallest absolute Gasteiger partial charge is 0.299 e. The molecule has 1 aliphatic rings. The van der Waals surface area contributed by atoms with Crippen molar-refractivity contribution in [2.45, 2.75) is 43.8 Å². The molecule has 0 aliphatic carbocycles. The first-order chi connectivity index (χ1) is 19.8. The third-order valence-corrected chi connectivity index (χ3v) is 8.48. The topological polar surface area (TPSA) is 87.2 Å². The van der Waals surface area contributed by atoms with Crippen molar-refractivity contribution < 1.29 is 26.8 Å². The largest absolute Gasteiger partial charge is 0.493 e. The zero-order chi connectivity index (χ0) is 28.8. The number of nitrogens with zero attached hydrogens (tertiary/aromatic N) is 2. The van der Waals surface area contributed by atoms with Crippen LogP contribution in [0.4, 0.5) is 5.69 Å². The fraction of sp³-hybridized carbons (Fsp3) is 0.344. The van der Waals surface area contributed by atoms with E-state index >= 15 is 0 Å². The summed E-state index contributed by atoms with van der Waals surface area (Å²) in [5.41, 5.74) is 4.56. The van der Waals surface area contributed by atoms with Crippen LogP contribution in [-0.4, -0.2) is 53.6 Å². The van der Waals surface area contributed by atoms with Crippen LogP contribution in [0, 0.1) is 6.92 Å². The molecular weight excluding hydrogens is 540 g/mol. The Morgan fingerprint density at radius 2 is 1.76 bits per heavy atom. The molecule has 0 amide bonds. The number of hydrogen-bond acceptors (Lipinski definition) is 8. The monoisotopic (exact) mass is 576 g/mol. The van der Waals surface area contributed by atoms with Gasteiger partial charge in [0.25, 0.3) is 10.1 Å². The highest BCUT2D eigenvalue weighted by Gasteiger charge is 2.26. The van der Waals surface area contributed by atoms with Gasteiger partial charge in [-0.25, -0.2) is 9.17 Å². The minimum absolute atomic E-state index is 0.0962. The van der Waals surface area contributed by atoms with Crippen LogP contribution in [0.5, 0.6) is 11.5 Å². The van der Waals surface area contributed by atoms with Gasteiger partial charge >= 0.3 is 0 Å². The zero-order valence-electron chi connectivity index (χ0n) is 23.7. The second kappa shape index (κ2) is 12.9. The molecule has 5 rings (SSSR count). The molecule has 216 valence electrons. The lowest BCUT2D eigenvalue weighted by atomic mass is 10.1. The normalized spacial score (nSPS) is 15.5. The molecule has 3 aromatic carbocycles. The number of pyridine rings is 1. The third kappa shape index (κ3) is 7.16. The number of anilines is 1. The molecule has 8 nitrogen and oxygen atoms in total. The van der Waals surface area contributed by atoms with Gasteiger partial charge < -0.3 is 19.1 Å². The summed E-state index contributed by atoms with van der Waals surface area (Å²) in [5, 5.41) is 1.00. The number of benzene rings is 3. The maximum absolute atomic E-state index is 12.8. The summed E-state index contributed by atoms with van der Waals surface area (Å²) in [6.45, 7) is 3.06. The first kappa shape index (κ1) is 28.9. The molecular formula is C32H36N2O6S. The Morgan fingerprint density at radius 1 is 0.951 bits per heavy atom. The highest BCUT2D eigenvalue weighted by molar-refractivity contribution is 7.86. The number of hydrogen-bond donors (Lipinski definition) is 0. The summed E-state index contributed by atoms with van der Waals surface area (Å²) in [5.74, 6) is 1.26. The van der Waals surface area contributed by atoms with E-state index in [0.29, 0.717) is 44.0 Å². The Labute approximate surface area is 242 Å². The fourth-order valence-electron chi connectivity index (χ4n) is 4.72. The summed E-state index contributed by atoms with van der Waals surface area (Å²) in [6.07, 6.45) is 2.25. The number of aromatic nitrogens is 1. The lowest BCUT2D eigenvalue weighted by Gasteiger charge is -2.22. The van der Waals surface area contributed by atoms with Gasteiger partial charge in [0, 0.05) is 49.3 Å². The molecule has 0 saturated carbocycles. The standard InChI is InChI=1S/C32H36N2O6S/c1-23-30(8-6-9-31(23)41(35,36)40-32-10-4-5-19-39-32)38-21-7-20-37-27-16-18-29-25(22-27)13-17-28(33-29)24-11-14-26(15-12-24)34(2)3/h6,8-9,11-18,22,32H,4-5,7,10,19-21H2,1-3H3. The maximum Gasteiger partial charge on any atom is 0.299 e. The highest BCUT2D eigenvalue weighted by atomic mass is 32.2. The van der Waals surface area contributed by atoms with Gasteiger partial charge in [0.1, 0.15) is 16.4 Å². The van der Waals surface area contributed by atoms with Gasteiger partial charge in [0.2, 0.25) is 0 Å². The van der Waals surface area contributed by atoms with Crippen LogP contribution in [0.2, 0.25) is 0 Å². The van der Waals surface area contributed by atoms with E-state index in [1.165, 1.54) is 6.07 Å². The van der Waals surface area contributed by atoms with Crippen molar-refractivity contribution in [1.82, 2.24) is 4.98 Å². The summed E-state index contributed by atoms with van der Waals surface area (Å²) in [6, 6.07) is 23.2. The Hall–Kier alpha value is -3.66. The van der Waals surface area contributed by atoms with Crippen molar-refractivity contribution >= 4 is 26.7 Å². The molecule has 2 heterocycles. The SMILES string of the molecule is Cc1c(OCCCOc2ccc3nc(-c4ccc(N(C)C)cc4)ccc3c2)cccc1S(=O)(=O)OC1CCCCO1. The van der Waals surface area contributed by atoms with Gasteiger partial charge in [0.05, 0.1) is 24.4 Å². The van der Waals surface area contributed by atoms with Crippen LogP contribution < -0.4 is 14.4 Å². The molecule has 41 heavy (non-hydrogen) atoms. The predicted octanol–water partition coefficient (Wildman–Crippen LogP) is 6.36. The van der Waals surface area contributed by atoms with E-state index in [-0.39, 0.29) is 4.90 Å². The zero-order valence-corrected chi connectivity index (χ0v) is 24.5. The maximum atomic E-state index is 12.8. The molecule has 0 N–H and O–H groups in total. The second-order valence-electron chi connectivity index (χ2n) is 10.3. The van der Waals surface area contributed by atoms with Crippen molar-refractivity contribution in [2.75, 3.05) is 38.8 Å². The van der Waals surface area contributed by atoms with Crippen molar-refractivity contribution in [3.63, 3.8) is 0 Å². The van der Waals surface area contributed by atoms with Crippen molar-refractivity contribution in [2.24, 2.45) is 0 Å². The van der Waals surface area contributed by atoms with Gasteiger partial charge in [-0.1, -0.05) is 24.3 Å².